The van der Waals surface area contributed by atoms with E-state index < -0.39 is 0 Å². The van der Waals surface area contributed by atoms with Gasteiger partial charge in [-0.15, -0.1) is 0 Å². The molecule has 1 aromatic carbocycles. The number of halogens is 3. The highest BCUT2D eigenvalue weighted by Crippen LogP contribution is 2.26. The molecular formula is C10H6BrCl2NO. The van der Waals surface area contributed by atoms with E-state index in [1.807, 2.05) is 0 Å². The van der Waals surface area contributed by atoms with Crippen molar-refractivity contribution in [2.24, 2.45) is 0 Å². The largest absolute Gasteiger partial charge is 0.357 e. The molecular weight excluding hydrogens is 301 g/mol. The third-order valence-electron chi connectivity index (χ3n) is 2.13. The van der Waals surface area contributed by atoms with Crippen LogP contribution in [0.15, 0.2) is 21.4 Å². The number of pyridine rings is 1. The molecule has 0 saturated carbocycles. The first-order chi connectivity index (χ1) is 7.00. The smallest absolute Gasteiger partial charge is 0.205 e. The summed E-state index contributed by atoms with van der Waals surface area (Å²) in [4.78, 5) is 15.0. The summed E-state index contributed by atoms with van der Waals surface area (Å²) in [5, 5.41) is 1.32. The third-order valence-corrected chi connectivity index (χ3v) is 3.60. The number of hydrogen-bond acceptors (Lipinski definition) is 1. The van der Waals surface area contributed by atoms with Crippen molar-refractivity contribution in [2.45, 2.75) is 6.92 Å². The molecule has 78 valence electrons. The first-order valence-corrected chi connectivity index (χ1v) is 5.72. The Morgan fingerprint density at radius 2 is 2.00 bits per heavy atom. The van der Waals surface area contributed by atoms with Crippen molar-refractivity contribution in [3.8, 4) is 0 Å². The summed E-state index contributed by atoms with van der Waals surface area (Å²) in [7, 11) is 0. The average Bonchev–Trinajstić information content (AvgIpc) is 2.13. The number of benzene rings is 1. The predicted molar refractivity (Wildman–Crippen MR) is 67.0 cm³/mol. The summed E-state index contributed by atoms with van der Waals surface area (Å²) in [6.45, 7) is 1.81. The lowest BCUT2D eigenvalue weighted by molar-refractivity contribution is 1.22. The molecule has 0 aliphatic heterocycles. The molecule has 0 aliphatic carbocycles. The Labute approximate surface area is 104 Å². The summed E-state index contributed by atoms with van der Waals surface area (Å²) in [6, 6.07) is 3.24. The highest BCUT2D eigenvalue weighted by Gasteiger charge is 2.10. The monoisotopic (exact) mass is 305 g/mol. The molecule has 0 saturated heterocycles. The maximum atomic E-state index is 11.9. The fraction of sp³-hybridized carbons (Fsp3) is 0.100. The van der Waals surface area contributed by atoms with Crippen LogP contribution >= 0.6 is 39.1 Å². The topological polar surface area (TPSA) is 32.9 Å². The molecule has 0 atom stereocenters. The summed E-state index contributed by atoms with van der Waals surface area (Å²) >= 11 is 15.0. The fourth-order valence-corrected chi connectivity index (χ4v) is 2.32. The minimum Gasteiger partial charge on any atom is -0.357 e. The zero-order chi connectivity index (χ0) is 11.2. The van der Waals surface area contributed by atoms with Crippen LogP contribution in [0.1, 0.15) is 5.69 Å². The normalized spacial score (nSPS) is 10.9. The van der Waals surface area contributed by atoms with Gasteiger partial charge < -0.3 is 4.98 Å². The van der Waals surface area contributed by atoms with Crippen molar-refractivity contribution >= 4 is 50.0 Å². The van der Waals surface area contributed by atoms with Crippen LogP contribution in [0.25, 0.3) is 10.9 Å². The van der Waals surface area contributed by atoms with Gasteiger partial charge >= 0.3 is 0 Å². The van der Waals surface area contributed by atoms with Gasteiger partial charge in [0.15, 0.2) is 0 Å². The quantitative estimate of drug-likeness (QED) is 0.786. The van der Waals surface area contributed by atoms with Gasteiger partial charge in [0.2, 0.25) is 5.43 Å². The number of fused-ring (bicyclic) bond motifs is 1. The molecule has 2 nitrogen and oxygen atoms in total. The lowest BCUT2D eigenvalue weighted by Crippen LogP contribution is -2.07. The molecule has 0 fully saturated rings. The molecule has 2 rings (SSSR count). The number of aryl methyl sites for hydroxylation is 1. The number of aromatic amines is 1. The molecule has 0 aliphatic rings. The zero-order valence-corrected chi connectivity index (χ0v) is 10.8. The van der Waals surface area contributed by atoms with Crippen LogP contribution in [0.2, 0.25) is 10.0 Å². The highest BCUT2D eigenvalue weighted by atomic mass is 79.9. The molecule has 5 heteroatoms. The number of H-pyrrole nitrogens is 1. The van der Waals surface area contributed by atoms with Gasteiger partial charge in [-0.2, -0.15) is 0 Å². The Hall–Kier alpha value is -0.510. The molecule has 15 heavy (non-hydrogen) atoms. The maximum Gasteiger partial charge on any atom is 0.205 e. The third kappa shape index (κ3) is 1.80. The molecule has 1 heterocycles. The van der Waals surface area contributed by atoms with Crippen molar-refractivity contribution in [1.82, 2.24) is 4.98 Å². The minimum atomic E-state index is -0.122. The number of rotatable bonds is 0. The van der Waals surface area contributed by atoms with Crippen molar-refractivity contribution in [1.29, 1.82) is 0 Å². The maximum absolute atomic E-state index is 11.9. The van der Waals surface area contributed by atoms with E-state index in [4.69, 9.17) is 23.2 Å². The van der Waals surface area contributed by atoms with Gasteiger partial charge in [-0.25, -0.2) is 0 Å². The van der Waals surface area contributed by atoms with E-state index in [1.165, 1.54) is 0 Å². The van der Waals surface area contributed by atoms with Crippen LogP contribution in [0.3, 0.4) is 0 Å². The summed E-state index contributed by atoms with van der Waals surface area (Å²) in [6.07, 6.45) is 0. The van der Waals surface area contributed by atoms with Gasteiger partial charge in [-0.1, -0.05) is 23.2 Å². The molecule has 1 N–H and O–H groups in total. The van der Waals surface area contributed by atoms with E-state index in [9.17, 15) is 4.79 Å². The number of hydrogen-bond donors (Lipinski definition) is 1. The lowest BCUT2D eigenvalue weighted by Gasteiger charge is -2.05. The van der Waals surface area contributed by atoms with E-state index in [1.54, 1.807) is 19.1 Å². The molecule has 0 spiro atoms. The van der Waals surface area contributed by atoms with Crippen LogP contribution in [0.4, 0.5) is 0 Å². The first kappa shape index (κ1) is 11.0. The van der Waals surface area contributed by atoms with Gasteiger partial charge in [-0.05, 0) is 35.0 Å². The highest BCUT2D eigenvalue weighted by molar-refractivity contribution is 9.10. The van der Waals surface area contributed by atoms with Gasteiger partial charge in [-0.3, -0.25) is 4.79 Å². The van der Waals surface area contributed by atoms with E-state index in [0.29, 0.717) is 25.4 Å². The van der Waals surface area contributed by atoms with E-state index in [0.717, 1.165) is 5.69 Å². The van der Waals surface area contributed by atoms with E-state index >= 15 is 0 Å². The fourth-order valence-electron chi connectivity index (χ4n) is 1.44. The SMILES string of the molecule is Cc1[nH]c2cc(Cl)cc(Cl)c2c(=O)c1Br. The van der Waals surface area contributed by atoms with Crippen molar-refractivity contribution in [3.05, 3.63) is 42.6 Å². The van der Waals surface area contributed by atoms with Crippen LogP contribution in [-0.2, 0) is 0 Å². The van der Waals surface area contributed by atoms with Crippen LogP contribution < -0.4 is 5.43 Å². The summed E-state index contributed by atoms with van der Waals surface area (Å²) < 4.78 is 0.499. The van der Waals surface area contributed by atoms with E-state index in [2.05, 4.69) is 20.9 Å². The van der Waals surface area contributed by atoms with E-state index in [-0.39, 0.29) is 5.43 Å². The molecule has 2 aromatic rings. The first-order valence-electron chi connectivity index (χ1n) is 4.18. The Morgan fingerprint density at radius 3 is 2.67 bits per heavy atom. The Balaban J connectivity index is 3.06. The Morgan fingerprint density at radius 1 is 1.33 bits per heavy atom. The zero-order valence-electron chi connectivity index (χ0n) is 7.70. The Bertz CT molecular complexity index is 606. The second-order valence-electron chi connectivity index (χ2n) is 3.20. The lowest BCUT2D eigenvalue weighted by atomic mass is 10.2. The van der Waals surface area contributed by atoms with Crippen molar-refractivity contribution < 1.29 is 0 Å². The second-order valence-corrected chi connectivity index (χ2v) is 4.84. The summed E-state index contributed by atoms with van der Waals surface area (Å²) in [5.41, 5.74) is 1.28. The van der Waals surface area contributed by atoms with Gasteiger partial charge in [0, 0.05) is 10.7 Å². The molecule has 0 bridgehead atoms. The minimum absolute atomic E-state index is 0.122. The van der Waals surface area contributed by atoms with Crippen LogP contribution in [0.5, 0.6) is 0 Å². The van der Waals surface area contributed by atoms with Crippen molar-refractivity contribution in [2.75, 3.05) is 0 Å². The number of nitrogens with one attached hydrogen (secondary N) is 1. The van der Waals surface area contributed by atoms with Crippen molar-refractivity contribution in [3.63, 3.8) is 0 Å². The molecule has 0 amide bonds. The van der Waals surface area contributed by atoms with Gasteiger partial charge in [0.1, 0.15) is 0 Å². The Kier molecular flexibility index (Phi) is 2.79. The van der Waals surface area contributed by atoms with Crippen LogP contribution in [-0.4, -0.2) is 4.98 Å². The molecule has 0 unspecified atom stereocenters. The molecule has 0 radical (unpaired) electrons. The van der Waals surface area contributed by atoms with Crippen LogP contribution in [0, 0.1) is 6.92 Å². The van der Waals surface area contributed by atoms with Gasteiger partial charge in [0.05, 0.1) is 20.4 Å². The average molecular weight is 307 g/mol. The molecule has 1 aromatic heterocycles. The second kappa shape index (κ2) is 3.81. The van der Waals surface area contributed by atoms with Gasteiger partial charge in [0.25, 0.3) is 0 Å². The predicted octanol–water partition coefficient (Wildman–Crippen LogP) is 3.91. The number of aromatic nitrogens is 1. The standard InChI is InChI=1S/C10H6BrCl2NO/c1-4-9(11)10(15)8-6(13)2-5(12)3-7(8)14-4/h2-3H,1H3,(H,14,15). The summed E-state index contributed by atoms with van der Waals surface area (Å²) in [5.74, 6) is 0.